The van der Waals surface area contributed by atoms with Gasteiger partial charge in [-0.05, 0) is 24.6 Å². The average Bonchev–Trinajstić information content (AvgIpc) is 2.95. The highest BCUT2D eigenvalue weighted by molar-refractivity contribution is 7.98. The lowest BCUT2D eigenvalue weighted by molar-refractivity contribution is 0.626. The number of nitrogens with one attached hydrogen (secondary N) is 1. The molecule has 1 heterocycles. The molecule has 3 rings (SSSR count). The van der Waals surface area contributed by atoms with Crippen LogP contribution in [0.25, 0.3) is 11.4 Å². The topological polar surface area (TPSA) is 41.6 Å². The fraction of sp³-hybridized carbons (Fsp3) is 0.125. The van der Waals surface area contributed by atoms with Gasteiger partial charge in [-0.2, -0.15) is 0 Å². The largest absolute Gasteiger partial charge is 0.258 e. The van der Waals surface area contributed by atoms with Crippen molar-refractivity contribution in [3.05, 3.63) is 65.5 Å². The summed E-state index contributed by atoms with van der Waals surface area (Å²) in [5.41, 5.74) is 3.13. The molecule has 21 heavy (non-hydrogen) atoms. The van der Waals surface area contributed by atoms with Crippen LogP contribution in [0.5, 0.6) is 0 Å². The number of aryl methyl sites for hydroxylation is 1. The summed E-state index contributed by atoms with van der Waals surface area (Å²) in [6.07, 6.45) is 0. The molecular formula is C16H14FN3S. The van der Waals surface area contributed by atoms with Crippen molar-refractivity contribution in [3.8, 4) is 11.4 Å². The van der Waals surface area contributed by atoms with Crippen LogP contribution in [0.4, 0.5) is 4.39 Å². The molecule has 0 aliphatic heterocycles. The van der Waals surface area contributed by atoms with Crippen LogP contribution in [-0.4, -0.2) is 15.2 Å². The Hall–Kier alpha value is -2.14. The summed E-state index contributed by atoms with van der Waals surface area (Å²) in [6.45, 7) is 2.05. The van der Waals surface area contributed by atoms with E-state index in [0.29, 0.717) is 10.9 Å². The fourth-order valence-electron chi connectivity index (χ4n) is 1.93. The minimum Gasteiger partial charge on any atom is -0.258 e. The third kappa shape index (κ3) is 3.49. The van der Waals surface area contributed by atoms with Gasteiger partial charge in [-0.25, -0.2) is 9.37 Å². The first kappa shape index (κ1) is 13.8. The normalized spacial score (nSPS) is 10.8. The zero-order valence-electron chi connectivity index (χ0n) is 11.5. The van der Waals surface area contributed by atoms with Gasteiger partial charge in [-0.3, -0.25) is 5.10 Å². The molecule has 0 saturated carbocycles. The zero-order valence-corrected chi connectivity index (χ0v) is 12.3. The highest BCUT2D eigenvalue weighted by Crippen LogP contribution is 2.22. The number of rotatable bonds is 4. The van der Waals surface area contributed by atoms with Gasteiger partial charge in [-0.1, -0.05) is 53.7 Å². The lowest BCUT2D eigenvalue weighted by Crippen LogP contribution is -1.84. The molecule has 0 spiro atoms. The molecule has 0 bridgehead atoms. The Bertz CT molecular complexity index is 737. The third-order valence-corrected chi connectivity index (χ3v) is 3.97. The van der Waals surface area contributed by atoms with Gasteiger partial charge in [0.2, 0.25) is 5.16 Å². The summed E-state index contributed by atoms with van der Waals surface area (Å²) in [5, 5.41) is 7.78. The van der Waals surface area contributed by atoms with Crippen molar-refractivity contribution in [1.82, 2.24) is 15.2 Å². The van der Waals surface area contributed by atoms with E-state index < -0.39 is 0 Å². The molecule has 0 unspecified atom stereocenters. The molecule has 3 nitrogen and oxygen atoms in total. The predicted molar refractivity (Wildman–Crippen MR) is 82.5 cm³/mol. The molecule has 2 aromatic carbocycles. The molecule has 0 aliphatic rings. The number of thioether (sulfide) groups is 1. The number of halogens is 1. The summed E-state index contributed by atoms with van der Waals surface area (Å²) >= 11 is 1.48. The molecule has 1 N–H and O–H groups in total. The van der Waals surface area contributed by atoms with Gasteiger partial charge in [0, 0.05) is 11.3 Å². The molecule has 0 saturated heterocycles. The second kappa shape index (κ2) is 6.10. The van der Waals surface area contributed by atoms with Crippen LogP contribution in [-0.2, 0) is 5.75 Å². The summed E-state index contributed by atoms with van der Waals surface area (Å²) < 4.78 is 13.1. The Balaban J connectivity index is 1.69. The molecule has 106 valence electrons. The molecule has 1 aromatic heterocycles. The first-order chi connectivity index (χ1) is 10.2. The van der Waals surface area contributed by atoms with E-state index in [-0.39, 0.29) is 5.82 Å². The smallest absolute Gasteiger partial charge is 0.209 e. The Labute approximate surface area is 126 Å². The van der Waals surface area contributed by atoms with Crippen molar-refractivity contribution in [3.63, 3.8) is 0 Å². The van der Waals surface area contributed by atoms with Crippen molar-refractivity contribution in [2.75, 3.05) is 0 Å². The number of hydrogen-bond donors (Lipinski definition) is 1. The number of H-pyrrole nitrogens is 1. The van der Waals surface area contributed by atoms with Gasteiger partial charge in [-0.15, -0.1) is 5.10 Å². The van der Waals surface area contributed by atoms with Crippen molar-refractivity contribution in [2.45, 2.75) is 17.8 Å². The first-order valence-corrected chi connectivity index (χ1v) is 7.56. The van der Waals surface area contributed by atoms with E-state index in [9.17, 15) is 4.39 Å². The minimum atomic E-state index is -0.219. The SMILES string of the molecule is Cc1ccc(-c2nc(SCc3cccc(F)c3)n[nH]2)cc1. The number of aromatic nitrogens is 3. The van der Waals surface area contributed by atoms with Crippen molar-refractivity contribution in [1.29, 1.82) is 0 Å². The van der Waals surface area contributed by atoms with Crippen molar-refractivity contribution >= 4 is 11.8 Å². The highest BCUT2D eigenvalue weighted by atomic mass is 32.2. The van der Waals surface area contributed by atoms with Gasteiger partial charge < -0.3 is 0 Å². The lowest BCUT2D eigenvalue weighted by atomic mass is 10.1. The molecule has 5 heteroatoms. The molecule has 0 radical (unpaired) electrons. The van der Waals surface area contributed by atoms with E-state index in [4.69, 9.17) is 0 Å². The second-order valence-electron chi connectivity index (χ2n) is 4.75. The molecule has 3 aromatic rings. The lowest BCUT2D eigenvalue weighted by Gasteiger charge is -1.98. The second-order valence-corrected chi connectivity index (χ2v) is 5.69. The number of benzene rings is 2. The van der Waals surface area contributed by atoms with Crippen LogP contribution in [0.1, 0.15) is 11.1 Å². The van der Waals surface area contributed by atoms with E-state index in [1.165, 1.54) is 29.5 Å². The van der Waals surface area contributed by atoms with Gasteiger partial charge in [0.15, 0.2) is 5.82 Å². The van der Waals surface area contributed by atoms with Crippen LogP contribution in [0.2, 0.25) is 0 Å². The predicted octanol–water partition coefficient (Wildman–Crippen LogP) is 4.21. The average molecular weight is 299 g/mol. The zero-order chi connectivity index (χ0) is 14.7. The molecule has 0 amide bonds. The van der Waals surface area contributed by atoms with Crippen LogP contribution < -0.4 is 0 Å². The number of hydrogen-bond acceptors (Lipinski definition) is 3. The maximum Gasteiger partial charge on any atom is 0.209 e. The van der Waals surface area contributed by atoms with E-state index in [1.807, 2.05) is 37.3 Å². The Morgan fingerprint density at radius 1 is 1.14 bits per heavy atom. The number of aromatic amines is 1. The first-order valence-electron chi connectivity index (χ1n) is 6.57. The van der Waals surface area contributed by atoms with Crippen LogP contribution in [0.15, 0.2) is 53.7 Å². The molecular weight excluding hydrogens is 285 g/mol. The summed E-state index contributed by atoms with van der Waals surface area (Å²) in [7, 11) is 0. The standard InChI is InChI=1S/C16H14FN3S/c1-11-5-7-13(8-6-11)15-18-16(20-19-15)21-10-12-3-2-4-14(17)9-12/h2-9H,10H2,1H3,(H,18,19,20). The van der Waals surface area contributed by atoms with E-state index in [1.54, 1.807) is 6.07 Å². The van der Waals surface area contributed by atoms with Crippen molar-refractivity contribution in [2.24, 2.45) is 0 Å². The summed E-state index contributed by atoms with van der Waals surface area (Å²) in [5.74, 6) is 1.17. The Kier molecular flexibility index (Phi) is 4.01. The maximum absolute atomic E-state index is 13.1. The molecule has 0 atom stereocenters. The van der Waals surface area contributed by atoms with Gasteiger partial charge in [0.1, 0.15) is 5.82 Å². The van der Waals surface area contributed by atoms with Crippen molar-refractivity contribution < 1.29 is 4.39 Å². The molecule has 0 aliphatic carbocycles. The van der Waals surface area contributed by atoms with Crippen LogP contribution in [0.3, 0.4) is 0 Å². The maximum atomic E-state index is 13.1. The van der Waals surface area contributed by atoms with E-state index in [0.717, 1.165) is 17.0 Å². The number of nitrogens with zero attached hydrogens (tertiary/aromatic N) is 2. The monoisotopic (exact) mass is 299 g/mol. The Morgan fingerprint density at radius 3 is 2.71 bits per heavy atom. The quantitative estimate of drug-likeness (QED) is 0.734. The summed E-state index contributed by atoms with van der Waals surface area (Å²) in [4.78, 5) is 4.45. The highest BCUT2D eigenvalue weighted by Gasteiger charge is 2.06. The van der Waals surface area contributed by atoms with Gasteiger partial charge >= 0.3 is 0 Å². The van der Waals surface area contributed by atoms with Gasteiger partial charge in [0.05, 0.1) is 0 Å². The minimum absolute atomic E-state index is 0.219. The third-order valence-electron chi connectivity index (χ3n) is 3.05. The van der Waals surface area contributed by atoms with E-state index in [2.05, 4.69) is 15.2 Å². The summed E-state index contributed by atoms with van der Waals surface area (Å²) in [6, 6.07) is 14.7. The van der Waals surface area contributed by atoms with E-state index >= 15 is 0 Å². The van der Waals surface area contributed by atoms with Crippen LogP contribution >= 0.6 is 11.8 Å². The van der Waals surface area contributed by atoms with Gasteiger partial charge in [0.25, 0.3) is 0 Å². The fourth-order valence-corrected chi connectivity index (χ4v) is 2.67. The molecule has 0 fully saturated rings. The van der Waals surface area contributed by atoms with Crippen LogP contribution in [0, 0.1) is 12.7 Å². The Morgan fingerprint density at radius 2 is 1.95 bits per heavy atom.